The quantitative estimate of drug-likeness (QED) is 0.849. The number of primary amides is 1. The summed E-state index contributed by atoms with van der Waals surface area (Å²) in [6.07, 6.45) is 2.95. The second-order valence-electron chi connectivity index (χ2n) is 4.82. The van der Waals surface area contributed by atoms with Gasteiger partial charge in [0.25, 0.3) is 5.91 Å². The fourth-order valence-electron chi connectivity index (χ4n) is 2.16. The molecular weight excluding hydrogens is 284 g/mol. The normalized spacial score (nSPS) is 10.7. The molecule has 0 unspecified atom stereocenters. The Hall–Kier alpha value is -2.70. The van der Waals surface area contributed by atoms with Gasteiger partial charge in [-0.1, -0.05) is 25.1 Å². The van der Waals surface area contributed by atoms with Gasteiger partial charge in [-0.25, -0.2) is 0 Å². The van der Waals surface area contributed by atoms with Crippen molar-refractivity contribution in [1.29, 1.82) is 0 Å². The summed E-state index contributed by atoms with van der Waals surface area (Å²) in [5.74, 6) is -1.16. The summed E-state index contributed by atoms with van der Waals surface area (Å²) in [6, 6.07) is 5.17. The van der Waals surface area contributed by atoms with Crippen LogP contribution in [0.1, 0.15) is 37.0 Å². The maximum absolute atomic E-state index is 12.1. The highest BCUT2D eigenvalue weighted by molar-refractivity contribution is 6.05. The molecule has 0 aromatic carbocycles. The molecule has 2 heterocycles. The molecule has 0 bridgehead atoms. The zero-order valence-electron chi connectivity index (χ0n) is 12.5. The van der Waals surface area contributed by atoms with Crippen LogP contribution in [0.3, 0.4) is 0 Å². The van der Waals surface area contributed by atoms with Crippen molar-refractivity contribution in [1.82, 2.24) is 10.1 Å². The van der Waals surface area contributed by atoms with Gasteiger partial charge in [-0.3, -0.25) is 19.9 Å². The predicted octanol–water partition coefficient (Wildman–Crippen LogP) is 2.21. The van der Waals surface area contributed by atoms with E-state index >= 15 is 0 Å². The van der Waals surface area contributed by atoms with E-state index in [1.165, 1.54) is 0 Å². The van der Waals surface area contributed by atoms with Gasteiger partial charge in [0.1, 0.15) is 11.3 Å². The molecule has 0 spiro atoms. The number of amides is 2. The van der Waals surface area contributed by atoms with E-state index in [0.717, 1.165) is 0 Å². The van der Waals surface area contributed by atoms with Crippen molar-refractivity contribution in [2.45, 2.75) is 26.7 Å². The number of nitrogens with two attached hydrogens (primary N) is 1. The van der Waals surface area contributed by atoms with Gasteiger partial charge in [0.15, 0.2) is 0 Å². The van der Waals surface area contributed by atoms with Crippen LogP contribution in [0.25, 0.3) is 11.4 Å². The number of anilines is 1. The molecule has 2 rings (SSSR count). The summed E-state index contributed by atoms with van der Waals surface area (Å²) >= 11 is 0. The van der Waals surface area contributed by atoms with Gasteiger partial charge in [-0.15, -0.1) is 0 Å². The molecule has 0 aliphatic heterocycles. The summed E-state index contributed by atoms with van der Waals surface area (Å²) in [7, 11) is 0. The number of nitrogens with zero attached hydrogens (tertiary/aromatic N) is 2. The summed E-state index contributed by atoms with van der Waals surface area (Å²) in [4.78, 5) is 27.9. The number of nitrogens with one attached hydrogen (secondary N) is 1. The minimum Gasteiger partial charge on any atom is -0.365 e. The Bertz CT molecular complexity index is 663. The van der Waals surface area contributed by atoms with E-state index in [4.69, 9.17) is 10.3 Å². The Labute approximate surface area is 127 Å². The highest BCUT2D eigenvalue weighted by atomic mass is 16.5. The number of aromatic nitrogens is 2. The number of hydrogen-bond donors (Lipinski definition) is 2. The van der Waals surface area contributed by atoms with Crippen molar-refractivity contribution in [3.05, 3.63) is 30.0 Å². The molecule has 7 heteroatoms. The first-order chi connectivity index (χ1) is 10.6. The van der Waals surface area contributed by atoms with E-state index in [1.54, 1.807) is 24.4 Å². The molecule has 22 heavy (non-hydrogen) atoms. The summed E-state index contributed by atoms with van der Waals surface area (Å²) in [5, 5.41) is 6.41. The lowest BCUT2D eigenvalue weighted by atomic mass is 10.0. The number of pyridine rings is 1. The number of carbonyl (C=O) groups is 2. The molecular formula is C15H18N4O3. The van der Waals surface area contributed by atoms with Gasteiger partial charge in [-0.2, -0.15) is 0 Å². The van der Waals surface area contributed by atoms with Crippen LogP contribution in [0, 0.1) is 5.92 Å². The molecule has 0 radical (unpaired) electrons. The summed E-state index contributed by atoms with van der Waals surface area (Å²) < 4.78 is 5.10. The van der Waals surface area contributed by atoms with E-state index < -0.39 is 5.91 Å². The Morgan fingerprint density at radius 2 is 2.05 bits per heavy atom. The first-order valence-electron chi connectivity index (χ1n) is 7.10. The van der Waals surface area contributed by atoms with Crippen LogP contribution in [0.15, 0.2) is 28.9 Å². The molecule has 2 aromatic heterocycles. The lowest BCUT2D eigenvalue weighted by Crippen LogP contribution is -2.23. The van der Waals surface area contributed by atoms with E-state index in [0.29, 0.717) is 18.5 Å². The molecule has 0 saturated carbocycles. The number of hydrogen-bond acceptors (Lipinski definition) is 5. The standard InChI is InChI=1S/C15H18N4O3/c1-3-9(4-2)14(21)18-15-11(13(16)20)12(19-22-15)10-7-5-6-8-17-10/h5-9H,3-4H2,1-2H3,(H2,16,20)(H,18,21). The molecule has 2 aromatic rings. The fourth-order valence-corrected chi connectivity index (χ4v) is 2.16. The van der Waals surface area contributed by atoms with Crippen LogP contribution in [-0.4, -0.2) is 22.0 Å². The maximum Gasteiger partial charge on any atom is 0.256 e. The predicted molar refractivity (Wildman–Crippen MR) is 81.0 cm³/mol. The summed E-state index contributed by atoms with van der Waals surface area (Å²) in [5.41, 5.74) is 6.08. The van der Waals surface area contributed by atoms with Crippen LogP contribution in [-0.2, 0) is 4.79 Å². The second-order valence-corrected chi connectivity index (χ2v) is 4.82. The Morgan fingerprint density at radius 3 is 2.59 bits per heavy atom. The molecule has 0 saturated heterocycles. The third kappa shape index (κ3) is 3.13. The fraction of sp³-hybridized carbons (Fsp3) is 0.333. The topological polar surface area (TPSA) is 111 Å². The van der Waals surface area contributed by atoms with Gasteiger partial charge in [0.2, 0.25) is 11.8 Å². The lowest BCUT2D eigenvalue weighted by molar-refractivity contribution is -0.120. The van der Waals surface area contributed by atoms with Gasteiger partial charge in [0, 0.05) is 12.1 Å². The number of rotatable bonds is 6. The van der Waals surface area contributed by atoms with Crippen molar-refractivity contribution in [2.75, 3.05) is 5.32 Å². The van der Waals surface area contributed by atoms with Crippen molar-refractivity contribution in [3.63, 3.8) is 0 Å². The second kappa shape index (κ2) is 6.84. The molecule has 0 aliphatic carbocycles. The van der Waals surface area contributed by atoms with E-state index in [9.17, 15) is 9.59 Å². The monoisotopic (exact) mass is 302 g/mol. The smallest absolute Gasteiger partial charge is 0.256 e. The van der Waals surface area contributed by atoms with E-state index in [2.05, 4.69) is 15.5 Å². The number of carbonyl (C=O) groups excluding carboxylic acids is 2. The third-order valence-corrected chi connectivity index (χ3v) is 3.44. The molecule has 2 amide bonds. The molecule has 0 fully saturated rings. The first kappa shape index (κ1) is 15.7. The Balaban J connectivity index is 2.36. The maximum atomic E-state index is 12.1. The molecule has 116 valence electrons. The lowest BCUT2D eigenvalue weighted by Gasteiger charge is -2.11. The first-order valence-corrected chi connectivity index (χ1v) is 7.10. The van der Waals surface area contributed by atoms with Crippen LogP contribution < -0.4 is 11.1 Å². The van der Waals surface area contributed by atoms with Crippen LogP contribution >= 0.6 is 0 Å². The average Bonchev–Trinajstić information content (AvgIpc) is 2.93. The minimum atomic E-state index is -0.734. The van der Waals surface area contributed by atoms with E-state index in [1.807, 2.05) is 13.8 Å². The van der Waals surface area contributed by atoms with Crippen molar-refractivity contribution in [3.8, 4) is 11.4 Å². The average molecular weight is 302 g/mol. The Kier molecular flexibility index (Phi) is 4.88. The van der Waals surface area contributed by atoms with Crippen LogP contribution in [0.5, 0.6) is 0 Å². The van der Waals surface area contributed by atoms with Crippen molar-refractivity contribution >= 4 is 17.7 Å². The van der Waals surface area contributed by atoms with Gasteiger partial charge in [0.05, 0.1) is 5.69 Å². The zero-order chi connectivity index (χ0) is 16.1. The minimum absolute atomic E-state index is 0.0259. The largest absolute Gasteiger partial charge is 0.365 e. The summed E-state index contributed by atoms with van der Waals surface area (Å²) in [6.45, 7) is 3.84. The Morgan fingerprint density at radius 1 is 1.32 bits per heavy atom. The van der Waals surface area contributed by atoms with Crippen LogP contribution in [0.4, 0.5) is 5.88 Å². The molecule has 0 atom stereocenters. The van der Waals surface area contributed by atoms with Gasteiger partial charge >= 0.3 is 0 Å². The van der Waals surface area contributed by atoms with Crippen molar-refractivity contribution < 1.29 is 14.1 Å². The third-order valence-electron chi connectivity index (χ3n) is 3.44. The van der Waals surface area contributed by atoms with E-state index in [-0.39, 0.29) is 29.0 Å². The van der Waals surface area contributed by atoms with Gasteiger partial charge in [-0.05, 0) is 25.0 Å². The van der Waals surface area contributed by atoms with Gasteiger partial charge < -0.3 is 10.3 Å². The van der Waals surface area contributed by atoms with Crippen molar-refractivity contribution in [2.24, 2.45) is 11.7 Å². The molecule has 7 nitrogen and oxygen atoms in total. The highest BCUT2D eigenvalue weighted by Gasteiger charge is 2.25. The zero-order valence-corrected chi connectivity index (χ0v) is 12.5. The molecule has 3 N–H and O–H groups in total. The highest BCUT2D eigenvalue weighted by Crippen LogP contribution is 2.27. The molecule has 0 aliphatic rings. The SMILES string of the molecule is CCC(CC)C(=O)Nc1onc(-c2ccccn2)c1C(N)=O. The van der Waals surface area contributed by atoms with Crippen LogP contribution in [0.2, 0.25) is 0 Å².